The number of rotatable bonds is 12. The van der Waals surface area contributed by atoms with Gasteiger partial charge in [0.2, 0.25) is 17.7 Å². The lowest BCUT2D eigenvalue weighted by atomic mass is 9.95. The first kappa shape index (κ1) is 29.0. The summed E-state index contributed by atoms with van der Waals surface area (Å²) in [6.45, 7) is 1.63. The SMILES string of the molecule is CN1CCC(C(=O)N[C@@H](Cc2c[nH]c3ccccc23)C(=O)N[C@@H](CCC(O)C=N)C(=O)Nc2ccccc2)CC1. The highest BCUT2D eigenvalue weighted by Crippen LogP contribution is 2.21. The maximum atomic E-state index is 13.7. The molecule has 4 rings (SSSR count). The molecule has 1 aliphatic heterocycles. The number of aliphatic hydroxyl groups excluding tert-OH is 1. The van der Waals surface area contributed by atoms with E-state index >= 15 is 0 Å². The lowest BCUT2D eigenvalue weighted by Crippen LogP contribution is -2.54. The Kier molecular flexibility index (Phi) is 10.0. The molecule has 3 aromatic rings. The summed E-state index contributed by atoms with van der Waals surface area (Å²) in [6.07, 6.45) is 3.61. The van der Waals surface area contributed by atoms with Crippen molar-refractivity contribution in [3.63, 3.8) is 0 Å². The lowest BCUT2D eigenvalue weighted by molar-refractivity contribution is -0.133. The Balaban J connectivity index is 1.53. The van der Waals surface area contributed by atoms with Gasteiger partial charge in [-0.3, -0.25) is 14.4 Å². The number of likely N-dealkylation sites (tertiary alicyclic amines) is 1. The van der Waals surface area contributed by atoms with Crippen LogP contribution < -0.4 is 16.0 Å². The molecule has 0 aliphatic carbocycles. The fourth-order valence-corrected chi connectivity index (χ4v) is 5.00. The summed E-state index contributed by atoms with van der Waals surface area (Å²) in [6, 6.07) is 14.8. The van der Waals surface area contributed by atoms with Crippen LogP contribution in [0.15, 0.2) is 60.8 Å². The van der Waals surface area contributed by atoms with Gasteiger partial charge >= 0.3 is 0 Å². The molecule has 212 valence electrons. The minimum Gasteiger partial charge on any atom is -0.387 e. The molecule has 6 N–H and O–H groups in total. The van der Waals surface area contributed by atoms with Crippen LogP contribution in [-0.2, 0) is 20.8 Å². The van der Waals surface area contributed by atoms with Crippen molar-refractivity contribution in [3.05, 3.63) is 66.4 Å². The van der Waals surface area contributed by atoms with E-state index in [4.69, 9.17) is 5.41 Å². The average Bonchev–Trinajstić information content (AvgIpc) is 3.38. The van der Waals surface area contributed by atoms with E-state index in [2.05, 4.69) is 25.8 Å². The number of carbonyl (C=O) groups is 3. The molecule has 2 aromatic carbocycles. The number of carbonyl (C=O) groups excluding carboxylic acids is 3. The summed E-state index contributed by atoms with van der Waals surface area (Å²) in [5.74, 6) is -1.28. The predicted octanol–water partition coefficient (Wildman–Crippen LogP) is 2.45. The molecule has 0 saturated carbocycles. The number of hydrogen-bond donors (Lipinski definition) is 6. The maximum Gasteiger partial charge on any atom is 0.246 e. The van der Waals surface area contributed by atoms with E-state index in [0.717, 1.165) is 35.8 Å². The largest absolute Gasteiger partial charge is 0.387 e. The number of nitrogens with zero attached hydrogens (tertiary/aromatic N) is 1. The van der Waals surface area contributed by atoms with Crippen LogP contribution in [0.2, 0.25) is 0 Å². The molecule has 1 fully saturated rings. The third kappa shape index (κ3) is 7.77. The first-order valence-electron chi connectivity index (χ1n) is 13.7. The second-order valence-corrected chi connectivity index (χ2v) is 10.4. The summed E-state index contributed by atoms with van der Waals surface area (Å²) < 4.78 is 0. The van der Waals surface area contributed by atoms with Crippen molar-refractivity contribution in [1.29, 1.82) is 5.41 Å². The second kappa shape index (κ2) is 13.9. The Hall–Kier alpha value is -4.02. The third-order valence-corrected chi connectivity index (χ3v) is 7.44. The van der Waals surface area contributed by atoms with Crippen molar-refractivity contribution < 1.29 is 19.5 Å². The molecule has 10 heteroatoms. The van der Waals surface area contributed by atoms with Crippen molar-refractivity contribution in [2.45, 2.75) is 50.3 Å². The van der Waals surface area contributed by atoms with Gasteiger partial charge < -0.3 is 36.4 Å². The maximum absolute atomic E-state index is 13.7. The van der Waals surface area contributed by atoms with Crippen LogP contribution in [0.25, 0.3) is 10.9 Å². The van der Waals surface area contributed by atoms with E-state index in [1.54, 1.807) is 24.3 Å². The molecule has 10 nitrogen and oxygen atoms in total. The molecule has 3 amide bonds. The Morgan fingerprint density at radius 1 is 1.00 bits per heavy atom. The van der Waals surface area contributed by atoms with Gasteiger partial charge in [-0.15, -0.1) is 0 Å². The Morgan fingerprint density at radius 2 is 1.70 bits per heavy atom. The quantitative estimate of drug-likeness (QED) is 0.193. The van der Waals surface area contributed by atoms with Crippen molar-refractivity contribution in [2.75, 3.05) is 25.5 Å². The second-order valence-electron chi connectivity index (χ2n) is 10.4. The lowest BCUT2D eigenvalue weighted by Gasteiger charge is -2.30. The van der Waals surface area contributed by atoms with Gasteiger partial charge in [-0.05, 0) is 69.6 Å². The van der Waals surface area contributed by atoms with E-state index in [1.807, 2.05) is 43.6 Å². The zero-order chi connectivity index (χ0) is 28.5. The summed E-state index contributed by atoms with van der Waals surface area (Å²) >= 11 is 0. The number of hydrogen-bond acceptors (Lipinski definition) is 6. The normalized spacial score (nSPS) is 16.6. The molecular weight excluding hydrogens is 508 g/mol. The summed E-state index contributed by atoms with van der Waals surface area (Å²) in [7, 11) is 2.03. The molecule has 40 heavy (non-hydrogen) atoms. The topological polar surface area (TPSA) is 150 Å². The average molecular weight is 547 g/mol. The van der Waals surface area contributed by atoms with E-state index in [-0.39, 0.29) is 31.1 Å². The van der Waals surface area contributed by atoms with Gasteiger partial charge in [0.1, 0.15) is 12.1 Å². The number of aliphatic hydroxyl groups is 1. The van der Waals surface area contributed by atoms with Gasteiger partial charge in [-0.2, -0.15) is 0 Å². The number of piperidine rings is 1. The van der Waals surface area contributed by atoms with E-state index < -0.39 is 30.0 Å². The van der Waals surface area contributed by atoms with Crippen molar-refractivity contribution in [1.82, 2.24) is 20.5 Å². The summed E-state index contributed by atoms with van der Waals surface area (Å²) in [4.78, 5) is 45.6. The number of benzene rings is 2. The molecule has 2 heterocycles. The van der Waals surface area contributed by atoms with Gasteiger partial charge in [-0.1, -0.05) is 36.4 Å². The molecular formula is C30H38N6O4. The minimum absolute atomic E-state index is 0.115. The number of nitrogens with one attached hydrogen (secondary N) is 5. The van der Waals surface area contributed by atoms with Gasteiger partial charge in [-0.25, -0.2) is 0 Å². The number of H-pyrrole nitrogens is 1. The van der Waals surface area contributed by atoms with Gasteiger partial charge in [0.25, 0.3) is 0 Å². The number of aromatic nitrogens is 1. The van der Waals surface area contributed by atoms with Crippen LogP contribution in [-0.4, -0.2) is 77.3 Å². The molecule has 3 atom stereocenters. The van der Waals surface area contributed by atoms with Crippen LogP contribution in [0.3, 0.4) is 0 Å². The first-order chi connectivity index (χ1) is 19.3. The molecule has 0 radical (unpaired) electrons. The van der Waals surface area contributed by atoms with Gasteiger partial charge in [0.05, 0.1) is 6.10 Å². The highest BCUT2D eigenvalue weighted by Gasteiger charge is 2.31. The number of para-hydroxylation sites is 2. The van der Waals surface area contributed by atoms with Crippen molar-refractivity contribution in [3.8, 4) is 0 Å². The summed E-state index contributed by atoms with van der Waals surface area (Å²) in [5.41, 5.74) is 2.38. The summed E-state index contributed by atoms with van der Waals surface area (Å²) in [5, 5.41) is 26.8. The number of aromatic amines is 1. The standard InChI is InChI=1S/C30H38N6O4/c1-36-15-13-20(14-16-36)28(38)35-27(17-21-19-32-25-10-6-5-9-24(21)25)30(40)34-26(12-11-23(37)18-31)29(39)33-22-7-3-2-4-8-22/h2-10,18-20,23,26-27,31-32,37H,11-17H2,1H3,(H,33,39)(H,34,40)(H,35,38)/t23?,26-,27-/m0/s1. The fourth-order valence-electron chi connectivity index (χ4n) is 5.00. The smallest absolute Gasteiger partial charge is 0.246 e. The van der Waals surface area contributed by atoms with Crippen LogP contribution in [0.5, 0.6) is 0 Å². The fraction of sp³-hybridized carbons (Fsp3) is 0.400. The van der Waals surface area contributed by atoms with E-state index in [0.29, 0.717) is 18.5 Å². The zero-order valence-corrected chi connectivity index (χ0v) is 22.7. The van der Waals surface area contributed by atoms with E-state index in [1.165, 1.54) is 0 Å². The number of amides is 3. The Bertz CT molecular complexity index is 1300. The molecule has 1 unspecified atom stereocenters. The van der Waals surface area contributed by atoms with Crippen LogP contribution in [0.4, 0.5) is 5.69 Å². The molecule has 0 bridgehead atoms. The molecule has 1 aliphatic rings. The van der Waals surface area contributed by atoms with E-state index in [9.17, 15) is 19.5 Å². The van der Waals surface area contributed by atoms with Crippen LogP contribution in [0, 0.1) is 11.3 Å². The number of anilines is 1. The van der Waals surface area contributed by atoms with Crippen LogP contribution in [0.1, 0.15) is 31.2 Å². The van der Waals surface area contributed by atoms with Gasteiger partial charge in [0.15, 0.2) is 0 Å². The Labute approximate surface area is 234 Å². The molecule has 1 saturated heterocycles. The third-order valence-electron chi connectivity index (χ3n) is 7.44. The van der Waals surface area contributed by atoms with Crippen molar-refractivity contribution in [2.24, 2.45) is 5.92 Å². The minimum atomic E-state index is -1.03. The predicted molar refractivity (Wildman–Crippen MR) is 155 cm³/mol. The Morgan fingerprint density at radius 3 is 2.42 bits per heavy atom. The molecule has 1 aromatic heterocycles. The highest BCUT2D eigenvalue weighted by molar-refractivity contribution is 5.98. The molecule has 0 spiro atoms. The van der Waals surface area contributed by atoms with Gasteiger partial charge in [0, 0.05) is 41.3 Å². The number of fused-ring (bicyclic) bond motifs is 1. The zero-order valence-electron chi connectivity index (χ0n) is 22.7. The van der Waals surface area contributed by atoms with Crippen LogP contribution >= 0.6 is 0 Å². The monoisotopic (exact) mass is 546 g/mol. The first-order valence-corrected chi connectivity index (χ1v) is 13.7. The highest BCUT2D eigenvalue weighted by atomic mass is 16.3. The van der Waals surface area contributed by atoms with Crippen molar-refractivity contribution >= 4 is 40.5 Å².